The van der Waals surface area contributed by atoms with Crippen LogP contribution in [-0.4, -0.2) is 20.3 Å². The van der Waals surface area contributed by atoms with E-state index < -0.39 is 0 Å². The van der Waals surface area contributed by atoms with Gasteiger partial charge in [0.15, 0.2) is 0 Å². The van der Waals surface area contributed by atoms with E-state index in [0.29, 0.717) is 0 Å². The second kappa shape index (κ2) is 7.27. The predicted octanol–water partition coefficient (Wildman–Crippen LogP) is 3.54. The molecule has 3 heteroatoms. The molecule has 1 rings (SSSR count). The van der Waals surface area contributed by atoms with Gasteiger partial charge in [-0.1, -0.05) is 19.4 Å². The molecular weight excluding hydrogens is 226 g/mol. The van der Waals surface area contributed by atoms with Crippen LogP contribution in [0.5, 0.6) is 11.5 Å². The van der Waals surface area contributed by atoms with Crippen LogP contribution in [0.1, 0.15) is 45.2 Å². The molecule has 18 heavy (non-hydrogen) atoms. The highest BCUT2D eigenvalue weighted by molar-refractivity contribution is 5.42. The molecule has 0 heterocycles. The van der Waals surface area contributed by atoms with Crippen LogP contribution < -0.4 is 14.8 Å². The molecule has 0 saturated heterocycles. The molecule has 2 atom stereocenters. The van der Waals surface area contributed by atoms with Gasteiger partial charge in [0.1, 0.15) is 11.5 Å². The number of nitrogens with one attached hydrogen (secondary N) is 1. The summed E-state index contributed by atoms with van der Waals surface area (Å²) in [5, 5.41) is 3.24. The van der Waals surface area contributed by atoms with Crippen LogP contribution in [0.2, 0.25) is 0 Å². The molecule has 1 N–H and O–H groups in total. The highest BCUT2D eigenvalue weighted by Gasteiger charge is 2.13. The Morgan fingerprint density at radius 3 is 2.56 bits per heavy atom. The Morgan fingerprint density at radius 2 is 2.00 bits per heavy atom. The summed E-state index contributed by atoms with van der Waals surface area (Å²) in [6.45, 7) is 6.40. The zero-order chi connectivity index (χ0) is 13.5. The van der Waals surface area contributed by atoms with Gasteiger partial charge in [-0.15, -0.1) is 0 Å². The van der Waals surface area contributed by atoms with Crippen molar-refractivity contribution in [2.45, 2.75) is 45.8 Å². The van der Waals surface area contributed by atoms with Crippen LogP contribution >= 0.6 is 0 Å². The fraction of sp³-hybridized carbons (Fsp3) is 0.600. The first-order chi connectivity index (χ1) is 8.62. The van der Waals surface area contributed by atoms with Gasteiger partial charge in [0.05, 0.1) is 13.2 Å². The van der Waals surface area contributed by atoms with Crippen molar-refractivity contribution in [1.29, 1.82) is 0 Å². The summed E-state index contributed by atoms with van der Waals surface area (Å²) in [6.07, 6.45) is 2.41. The molecule has 2 unspecified atom stereocenters. The number of rotatable bonds is 7. The average Bonchev–Trinajstić information content (AvgIpc) is 2.38. The monoisotopic (exact) mass is 251 g/mol. The van der Waals surface area contributed by atoms with Gasteiger partial charge in [-0.2, -0.15) is 0 Å². The predicted molar refractivity (Wildman–Crippen MR) is 75.5 cm³/mol. The fourth-order valence-electron chi connectivity index (χ4n) is 1.94. The molecular formula is C15H25NO2. The largest absolute Gasteiger partial charge is 0.497 e. The van der Waals surface area contributed by atoms with Crippen molar-refractivity contribution in [3.8, 4) is 11.5 Å². The van der Waals surface area contributed by atoms with Gasteiger partial charge >= 0.3 is 0 Å². The van der Waals surface area contributed by atoms with E-state index in [0.717, 1.165) is 24.3 Å². The van der Waals surface area contributed by atoms with Crippen molar-refractivity contribution >= 4 is 0 Å². The number of benzene rings is 1. The zero-order valence-electron chi connectivity index (χ0n) is 12.1. The van der Waals surface area contributed by atoms with Crippen LogP contribution in [0.15, 0.2) is 18.2 Å². The molecule has 102 valence electrons. The van der Waals surface area contributed by atoms with Crippen molar-refractivity contribution in [1.82, 2.24) is 5.32 Å². The van der Waals surface area contributed by atoms with Crippen molar-refractivity contribution < 1.29 is 9.47 Å². The van der Waals surface area contributed by atoms with Crippen molar-refractivity contribution in [2.24, 2.45) is 0 Å². The first-order valence-corrected chi connectivity index (χ1v) is 6.64. The smallest absolute Gasteiger partial charge is 0.128 e. The molecule has 0 bridgehead atoms. The Morgan fingerprint density at radius 1 is 1.28 bits per heavy atom. The van der Waals surface area contributed by atoms with E-state index in [1.54, 1.807) is 7.11 Å². The van der Waals surface area contributed by atoms with Crippen LogP contribution in [0.4, 0.5) is 0 Å². The van der Waals surface area contributed by atoms with Crippen molar-refractivity contribution in [3.05, 3.63) is 23.8 Å². The summed E-state index contributed by atoms with van der Waals surface area (Å²) in [6, 6.07) is 6.27. The summed E-state index contributed by atoms with van der Waals surface area (Å²) in [4.78, 5) is 0. The molecule has 0 aliphatic rings. The van der Waals surface area contributed by atoms with E-state index in [-0.39, 0.29) is 12.1 Å². The first-order valence-electron chi connectivity index (χ1n) is 6.64. The molecule has 1 aromatic rings. The van der Waals surface area contributed by atoms with Crippen LogP contribution in [0.3, 0.4) is 0 Å². The summed E-state index contributed by atoms with van der Waals surface area (Å²) in [7, 11) is 3.63. The van der Waals surface area contributed by atoms with Crippen molar-refractivity contribution in [3.63, 3.8) is 0 Å². The van der Waals surface area contributed by atoms with E-state index in [1.807, 2.05) is 19.2 Å². The number of hydrogen-bond donors (Lipinski definition) is 1. The molecule has 0 aromatic heterocycles. The standard InChI is InChI=1S/C15H25NO2/c1-6-7-11(2)18-15-10-13(17-5)8-9-14(15)12(3)16-4/h8-12,16H,6-7H2,1-5H3. The van der Waals surface area contributed by atoms with Crippen LogP contribution in [-0.2, 0) is 0 Å². The Balaban J connectivity index is 2.96. The van der Waals surface area contributed by atoms with E-state index in [9.17, 15) is 0 Å². The van der Waals surface area contributed by atoms with Gasteiger partial charge in [0, 0.05) is 17.7 Å². The number of ether oxygens (including phenoxy) is 2. The van der Waals surface area contributed by atoms with Crippen LogP contribution in [0, 0.1) is 0 Å². The van der Waals surface area contributed by atoms with Gasteiger partial charge in [-0.25, -0.2) is 0 Å². The Kier molecular flexibility index (Phi) is 5.99. The molecule has 0 fully saturated rings. The highest BCUT2D eigenvalue weighted by Crippen LogP contribution is 2.30. The van der Waals surface area contributed by atoms with Gasteiger partial charge in [-0.05, 0) is 33.4 Å². The topological polar surface area (TPSA) is 30.5 Å². The van der Waals surface area contributed by atoms with Crippen molar-refractivity contribution in [2.75, 3.05) is 14.2 Å². The van der Waals surface area contributed by atoms with Gasteiger partial charge in [0.2, 0.25) is 0 Å². The third-order valence-electron chi connectivity index (χ3n) is 3.14. The maximum Gasteiger partial charge on any atom is 0.128 e. The molecule has 0 amide bonds. The summed E-state index contributed by atoms with van der Waals surface area (Å²) < 4.78 is 11.3. The summed E-state index contributed by atoms with van der Waals surface area (Å²) in [5.74, 6) is 1.75. The molecule has 0 spiro atoms. The molecule has 0 aliphatic heterocycles. The maximum atomic E-state index is 6.03. The number of hydrogen-bond acceptors (Lipinski definition) is 3. The maximum absolute atomic E-state index is 6.03. The van der Waals surface area contributed by atoms with Crippen LogP contribution in [0.25, 0.3) is 0 Å². The normalized spacial score (nSPS) is 14.1. The molecule has 3 nitrogen and oxygen atoms in total. The second-order valence-electron chi connectivity index (χ2n) is 4.63. The Hall–Kier alpha value is -1.22. The third-order valence-corrected chi connectivity index (χ3v) is 3.14. The van der Waals surface area contributed by atoms with E-state index >= 15 is 0 Å². The zero-order valence-corrected chi connectivity index (χ0v) is 12.1. The lowest BCUT2D eigenvalue weighted by molar-refractivity contribution is 0.206. The highest BCUT2D eigenvalue weighted by atomic mass is 16.5. The SMILES string of the molecule is CCCC(C)Oc1cc(OC)ccc1C(C)NC. The van der Waals surface area contributed by atoms with E-state index in [2.05, 4.69) is 32.2 Å². The second-order valence-corrected chi connectivity index (χ2v) is 4.63. The van der Waals surface area contributed by atoms with Gasteiger partial charge < -0.3 is 14.8 Å². The minimum Gasteiger partial charge on any atom is -0.497 e. The minimum atomic E-state index is 0.227. The molecule has 1 aromatic carbocycles. The first kappa shape index (κ1) is 14.8. The average molecular weight is 251 g/mol. The lowest BCUT2D eigenvalue weighted by Gasteiger charge is -2.20. The lowest BCUT2D eigenvalue weighted by atomic mass is 10.1. The summed E-state index contributed by atoms with van der Waals surface area (Å²) >= 11 is 0. The lowest BCUT2D eigenvalue weighted by Crippen LogP contribution is -2.17. The Bertz CT molecular complexity index is 366. The fourth-order valence-corrected chi connectivity index (χ4v) is 1.94. The van der Waals surface area contributed by atoms with E-state index in [4.69, 9.17) is 9.47 Å². The summed E-state index contributed by atoms with van der Waals surface area (Å²) in [5.41, 5.74) is 1.17. The minimum absolute atomic E-state index is 0.227. The molecule has 0 radical (unpaired) electrons. The molecule has 0 aliphatic carbocycles. The van der Waals surface area contributed by atoms with Gasteiger partial charge in [0.25, 0.3) is 0 Å². The van der Waals surface area contributed by atoms with Gasteiger partial charge in [-0.3, -0.25) is 0 Å². The Labute approximate surface area is 110 Å². The quantitative estimate of drug-likeness (QED) is 0.804. The van der Waals surface area contributed by atoms with E-state index in [1.165, 1.54) is 5.56 Å². The number of methoxy groups -OCH3 is 1. The third kappa shape index (κ3) is 3.91. The molecule has 0 saturated carbocycles.